The Labute approximate surface area is 190 Å². The number of carboxylic acids is 1. The highest BCUT2D eigenvalue weighted by Crippen LogP contribution is 2.51. The number of halogens is 3. The van der Waals surface area contributed by atoms with Crippen molar-refractivity contribution in [2.75, 3.05) is 0 Å². The second-order valence-electron chi connectivity index (χ2n) is 8.21. The first-order chi connectivity index (χ1) is 15.4. The molecule has 0 heterocycles. The van der Waals surface area contributed by atoms with Crippen molar-refractivity contribution in [1.29, 1.82) is 0 Å². The summed E-state index contributed by atoms with van der Waals surface area (Å²) in [6.45, 7) is 0. The molecule has 0 spiro atoms. The number of ether oxygens (including phenoxy) is 1. The highest BCUT2D eigenvalue weighted by molar-refractivity contribution is 6.30. The van der Waals surface area contributed by atoms with E-state index in [2.05, 4.69) is 0 Å². The average molecular weight is 457 g/mol. The number of alkyl halides is 1. The first-order valence-electron chi connectivity index (χ1n) is 10.6. The van der Waals surface area contributed by atoms with Gasteiger partial charge in [0.15, 0.2) is 11.6 Å². The van der Waals surface area contributed by atoms with Gasteiger partial charge in [-0.1, -0.05) is 48.0 Å². The van der Waals surface area contributed by atoms with E-state index in [1.165, 1.54) is 18.2 Å². The molecule has 166 valence electrons. The summed E-state index contributed by atoms with van der Waals surface area (Å²) in [7, 11) is 0. The van der Waals surface area contributed by atoms with E-state index in [9.17, 15) is 14.3 Å². The molecule has 2 atom stereocenters. The summed E-state index contributed by atoms with van der Waals surface area (Å²) >= 11 is 5.96. The molecule has 3 aromatic carbocycles. The van der Waals surface area contributed by atoms with E-state index in [0.717, 1.165) is 12.8 Å². The summed E-state index contributed by atoms with van der Waals surface area (Å²) in [5.41, 5.74) is -1.22. The van der Waals surface area contributed by atoms with Gasteiger partial charge < -0.3 is 9.84 Å². The Morgan fingerprint density at radius 2 is 1.78 bits per heavy atom. The standard InChI is InChI=1S/C26H23ClF2O3/c27-20-11-9-19(10-12-20)24(18-7-8-18)26(29,25(30)31)15-14-17-6-13-22(28)23(16-17)32-21-4-2-1-3-5-21/h1-6,9-13,16,18,24H,7-8,14-15H2,(H,30,31)/t24?,26-/m1/s1. The van der Waals surface area contributed by atoms with Crippen LogP contribution in [-0.2, 0) is 11.2 Å². The molecule has 0 aromatic heterocycles. The molecular formula is C26H23ClF2O3. The van der Waals surface area contributed by atoms with Crippen LogP contribution in [0.1, 0.15) is 36.3 Å². The van der Waals surface area contributed by atoms with Crippen LogP contribution in [-0.4, -0.2) is 16.7 Å². The molecule has 1 aliphatic rings. The Bertz CT molecular complexity index is 1080. The van der Waals surface area contributed by atoms with Gasteiger partial charge in [0.1, 0.15) is 5.75 Å². The normalized spacial score (nSPS) is 16.2. The number of carbonyl (C=O) groups is 1. The number of aliphatic carboxylic acids is 1. The minimum atomic E-state index is -2.45. The third-order valence-corrected chi connectivity index (χ3v) is 6.17. The number of para-hydroxylation sites is 1. The Balaban J connectivity index is 1.56. The van der Waals surface area contributed by atoms with Gasteiger partial charge in [-0.3, -0.25) is 0 Å². The lowest BCUT2D eigenvalue weighted by atomic mass is 9.76. The van der Waals surface area contributed by atoms with Crippen LogP contribution in [0.5, 0.6) is 11.5 Å². The van der Waals surface area contributed by atoms with E-state index < -0.39 is 23.4 Å². The van der Waals surface area contributed by atoms with Gasteiger partial charge in [-0.05, 0) is 79.1 Å². The van der Waals surface area contributed by atoms with Gasteiger partial charge >= 0.3 is 5.97 Å². The Hall–Kier alpha value is -2.92. The zero-order valence-corrected chi connectivity index (χ0v) is 18.1. The van der Waals surface area contributed by atoms with Crippen LogP contribution in [0.15, 0.2) is 72.8 Å². The molecule has 3 aromatic rings. The van der Waals surface area contributed by atoms with Gasteiger partial charge in [0.2, 0.25) is 5.67 Å². The minimum Gasteiger partial charge on any atom is -0.479 e. The molecule has 0 radical (unpaired) electrons. The molecule has 3 nitrogen and oxygen atoms in total. The summed E-state index contributed by atoms with van der Waals surface area (Å²) < 4.78 is 36.0. The molecule has 0 aliphatic heterocycles. The maximum Gasteiger partial charge on any atom is 0.342 e. The lowest BCUT2D eigenvalue weighted by Gasteiger charge is -2.31. The SMILES string of the molecule is O=C(O)[C@@](F)(CCc1ccc(F)c(Oc2ccccc2)c1)C(c1ccc(Cl)cc1)C1CC1. The first kappa shape index (κ1) is 22.3. The molecule has 4 rings (SSSR count). The van der Waals surface area contributed by atoms with Crippen molar-refractivity contribution in [3.05, 3.63) is 94.8 Å². The van der Waals surface area contributed by atoms with Gasteiger partial charge in [-0.25, -0.2) is 13.6 Å². The molecular weight excluding hydrogens is 434 g/mol. The highest BCUT2D eigenvalue weighted by atomic mass is 35.5. The zero-order chi connectivity index (χ0) is 22.7. The maximum atomic E-state index is 16.1. The second kappa shape index (κ2) is 9.29. The van der Waals surface area contributed by atoms with E-state index in [1.807, 2.05) is 6.07 Å². The molecule has 1 unspecified atom stereocenters. The van der Waals surface area contributed by atoms with Gasteiger partial charge in [0.05, 0.1) is 0 Å². The molecule has 1 fully saturated rings. The fraction of sp³-hybridized carbons (Fsp3) is 0.269. The monoisotopic (exact) mass is 456 g/mol. The second-order valence-corrected chi connectivity index (χ2v) is 8.65. The van der Waals surface area contributed by atoms with Gasteiger partial charge in [-0.2, -0.15) is 0 Å². The highest BCUT2D eigenvalue weighted by Gasteiger charge is 2.53. The molecule has 6 heteroatoms. The van der Waals surface area contributed by atoms with Crippen LogP contribution in [0, 0.1) is 11.7 Å². The van der Waals surface area contributed by atoms with Gasteiger partial charge in [-0.15, -0.1) is 0 Å². The number of rotatable bonds is 9. The van der Waals surface area contributed by atoms with Crippen molar-refractivity contribution in [3.8, 4) is 11.5 Å². The van der Waals surface area contributed by atoms with E-state index in [0.29, 0.717) is 21.9 Å². The van der Waals surface area contributed by atoms with Crippen LogP contribution in [0.3, 0.4) is 0 Å². The zero-order valence-electron chi connectivity index (χ0n) is 17.3. The predicted molar refractivity (Wildman–Crippen MR) is 120 cm³/mol. The van der Waals surface area contributed by atoms with E-state index in [1.54, 1.807) is 48.5 Å². The number of hydrogen-bond donors (Lipinski definition) is 1. The minimum absolute atomic E-state index is 0.0185. The molecule has 0 saturated heterocycles. The van der Waals surface area contributed by atoms with E-state index >= 15 is 4.39 Å². The van der Waals surface area contributed by atoms with Crippen molar-refractivity contribution in [1.82, 2.24) is 0 Å². The fourth-order valence-electron chi connectivity index (χ4n) is 4.13. The summed E-state index contributed by atoms with van der Waals surface area (Å²) in [5, 5.41) is 10.4. The third kappa shape index (κ3) is 4.94. The maximum absolute atomic E-state index is 16.1. The Morgan fingerprint density at radius 3 is 2.41 bits per heavy atom. The van der Waals surface area contributed by atoms with Crippen LogP contribution in [0.25, 0.3) is 0 Å². The summed E-state index contributed by atoms with van der Waals surface area (Å²) in [6, 6.07) is 19.8. The van der Waals surface area contributed by atoms with Crippen molar-refractivity contribution < 1.29 is 23.4 Å². The van der Waals surface area contributed by atoms with Gasteiger partial charge in [0, 0.05) is 10.9 Å². The number of hydrogen-bond acceptors (Lipinski definition) is 2. The molecule has 0 amide bonds. The van der Waals surface area contributed by atoms with Crippen molar-refractivity contribution >= 4 is 17.6 Å². The Kier molecular flexibility index (Phi) is 6.47. The van der Waals surface area contributed by atoms with Crippen LogP contribution < -0.4 is 4.74 Å². The van der Waals surface area contributed by atoms with Crippen LogP contribution in [0.4, 0.5) is 8.78 Å². The predicted octanol–water partition coefficient (Wildman–Crippen LogP) is 7.19. The topological polar surface area (TPSA) is 46.5 Å². The van der Waals surface area contributed by atoms with Crippen molar-refractivity contribution in [2.24, 2.45) is 5.92 Å². The average Bonchev–Trinajstić information content (AvgIpc) is 3.61. The van der Waals surface area contributed by atoms with Gasteiger partial charge in [0.25, 0.3) is 0 Å². The van der Waals surface area contributed by atoms with E-state index in [-0.39, 0.29) is 24.5 Å². The van der Waals surface area contributed by atoms with Crippen LogP contribution >= 0.6 is 11.6 Å². The van der Waals surface area contributed by atoms with E-state index in [4.69, 9.17) is 16.3 Å². The lowest BCUT2D eigenvalue weighted by molar-refractivity contribution is -0.153. The quantitative estimate of drug-likeness (QED) is 0.370. The number of benzene rings is 3. The first-order valence-corrected chi connectivity index (χ1v) is 10.9. The molecule has 1 saturated carbocycles. The third-order valence-electron chi connectivity index (χ3n) is 5.92. The van der Waals surface area contributed by atoms with Crippen molar-refractivity contribution in [2.45, 2.75) is 37.3 Å². The molecule has 1 N–H and O–H groups in total. The Morgan fingerprint density at radius 1 is 1.09 bits per heavy atom. The molecule has 1 aliphatic carbocycles. The summed E-state index contributed by atoms with van der Waals surface area (Å²) in [5.74, 6) is -2.32. The number of carboxylic acid groups (broad SMARTS) is 1. The number of aryl methyl sites for hydroxylation is 1. The summed E-state index contributed by atoms with van der Waals surface area (Å²) in [6.07, 6.45) is 1.48. The van der Waals surface area contributed by atoms with Crippen molar-refractivity contribution in [3.63, 3.8) is 0 Å². The lowest BCUT2D eigenvalue weighted by Crippen LogP contribution is -2.42. The fourth-order valence-corrected chi connectivity index (χ4v) is 4.25. The van der Waals surface area contributed by atoms with Crippen LogP contribution in [0.2, 0.25) is 5.02 Å². The molecule has 0 bridgehead atoms. The smallest absolute Gasteiger partial charge is 0.342 e. The molecule has 32 heavy (non-hydrogen) atoms. The largest absolute Gasteiger partial charge is 0.479 e. The summed E-state index contributed by atoms with van der Waals surface area (Å²) in [4.78, 5) is 12.1.